The van der Waals surface area contributed by atoms with E-state index in [0.717, 1.165) is 16.6 Å². The van der Waals surface area contributed by atoms with Gasteiger partial charge < -0.3 is 14.6 Å². The summed E-state index contributed by atoms with van der Waals surface area (Å²) < 4.78 is 5.84. The van der Waals surface area contributed by atoms with Crippen molar-refractivity contribution >= 4 is 29.0 Å². The second-order valence-electron chi connectivity index (χ2n) is 6.31. The van der Waals surface area contributed by atoms with Gasteiger partial charge in [-0.1, -0.05) is 24.3 Å². The lowest BCUT2D eigenvalue weighted by atomic mass is 10.1. The highest BCUT2D eigenvalue weighted by Crippen LogP contribution is 2.28. The van der Waals surface area contributed by atoms with Crippen LogP contribution in [0.2, 0.25) is 0 Å². The third-order valence-corrected chi connectivity index (χ3v) is 4.32. The highest BCUT2D eigenvalue weighted by atomic mass is 16.4. The quantitative estimate of drug-likeness (QED) is 0.539. The summed E-state index contributed by atoms with van der Waals surface area (Å²) in [5.41, 5.74) is 4.16. The average molecular weight is 371 g/mol. The van der Waals surface area contributed by atoms with Gasteiger partial charge in [-0.2, -0.15) is 0 Å². The zero-order valence-corrected chi connectivity index (χ0v) is 14.9. The van der Waals surface area contributed by atoms with Crippen LogP contribution in [-0.2, 0) is 0 Å². The van der Waals surface area contributed by atoms with Crippen LogP contribution < -0.4 is 5.11 Å². The van der Waals surface area contributed by atoms with Gasteiger partial charge in [0.05, 0.1) is 11.3 Å². The van der Waals surface area contributed by atoms with Crippen molar-refractivity contribution in [2.45, 2.75) is 6.92 Å². The predicted octanol–water partition coefficient (Wildman–Crippen LogP) is 4.33. The number of hydrogen-bond donors (Lipinski definition) is 1. The standard InChI is InChI=1S/C22H16N2O4/c1-13-4-2-7-19-20(13)24-21(28-19)14-5-3-6-17(11-14)23-12-16-10-15(22(26)27)8-9-18(16)25/h2-12,25H,1H3,(H,26,27)/p-1. The highest BCUT2D eigenvalue weighted by Gasteiger charge is 2.10. The van der Waals surface area contributed by atoms with E-state index in [4.69, 9.17) is 9.52 Å². The lowest BCUT2D eigenvalue weighted by molar-refractivity contribution is -0.268. The molecule has 3 aromatic carbocycles. The van der Waals surface area contributed by atoms with Gasteiger partial charge in [0.2, 0.25) is 5.89 Å². The molecular formula is C22H15N2O4-. The first-order chi connectivity index (χ1) is 13.5. The van der Waals surface area contributed by atoms with Crippen molar-refractivity contribution in [2.75, 3.05) is 0 Å². The van der Waals surface area contributed by atoms with E-state index in [2.05, 4.69) is 9.98 Å². The van der Waals surface area contributed by atoms with Gasteiger partial charge >= 0.3 is 5.97 Å². The summed E-state index contributed by atoms with van der Waals surface area (Å²) in [5.74, 6) is -0.902. The van der Waals surface area contributed by atoms with Crippen molar-refractivity contribution in [2.24, 2.45) is 4.99 Å². The Hall–Kier alpha value is -3.93. The first-order valence-electron chi connectivity index (χ1n) is 8.56. The molecule has 28 heavy (non-hydrogen) atoms. The highest BCUT2D eigenvalue weighted by molar-refractivity contribution is 5.93. The molecule has 0 bridgehead atoms. The predicted molar refractivity (Wildman–Crippen MR) is 104 cm³/mol. The molecule has 0 saturated carbocycles. The summed E-state index contributed by atoms with van der Waals surface area (Å²) in [4.78, 5) is 19.9. The summed E-state index contributed by atoms with van der Waals surface area (Å²) in [5, 5.41) is 21.0. The van der Waals surface area contributed by atoms with Crippen LogP contribution >= 0.6 is 0 Å². The number of oxazole rings is 1. The van der Waals surface area contributed by atoms with E-state index < -0.39 is 5.97 Å². The lowest BCUT2D eigenvalue weighted by Gasteiger charge is -2.10. The SMILES string of the molecule is Cc1cccc2oc(-c3cccc(N=Cc4cc(C(=O)O)ccc4[O-])c3)nc12. The molecule has 6 nitrogen and oxygen atoms in total. The Labute approximate surface area is 160 Å². The molecular weight excluding hydrogens is 356 g/mol. The van der Waals surface area contributed by atoms with E-state index in [1.165, 1.54) is 24.4 Å². The monoisotopic (exact) mass is 371 g/mol. The minimum atomic E-state index is -1.09. The molecule has 0 spiro atoms. The zero-order valence-electron chi connectivity index (χ0n) is 14.9. The molecule has 4 aromatic rings. The van der Waals surface area contributed by atoms with E-state index in [-0.39, 0.29) is 16.9 Å². The van der Waals surface area contributed by atoms with Crippen LogP contribution in [-0.4, -0.2) is 22.3 Å². The van der Waals surface area contributed by atoms with Crippen LogP contribution in [0, 0.1) is 6.92 Å². The van der Waals surface area contributed by atoms with Gasteiger partial charge in [0.25, 0.3) is 0 Å². The Balaban J connectivity index is 1.67. The fraction of sp³-hybridized carbons (Fsp3) is 0.0455. The summed E-state index contributed by atoms with van der Waals surface area (Å²) in [7, 11) is 0. The normalized spacial score (nSPS) is 11.3. The number of nitrogens with zero attached hydrogens (tertiary/aromatic N) is 2. The summed E-state index contributed by atoms with van der Waals surface area (Å²) in [6, 6.07) is 16.8. The average Bonchev–Trinajstić information content (AvgIpc) is 3.13. The van der Waals surface area contributed by atoms with Crippen LogP contribution in [0.25, 0.3) is 22.6 Å². The van der Waals surface area contributed by atoms with Gasteiger partial charge in [0.15, 0.2) is 5.58 Å². The molecule has 6 heteroatoms. The first-order valence-corrected chi connectivity index (χ1v) is 8.56. The van der Waals surface area contributed by atoms with Crippen molar-refractivity contribution in [1.82, 2.24) is 4.98 Å². The van der Waals surface area contributed by atoms with Gasteiger partial charge in [0.1, 0.15) is 5.52 Å². The molecule has 138 valence electrons. The van der Waals surface area contributed by atoms with E-state index in [9.17, 15) is 9.90 Å². The van der Waals surface area contributed by atoms with E-state index >= 15 is 0 Å². The Morgan fingerprint density at radius 2 is 1.96 bits per heavy atom. The van der Waals surface area contributed by atoms with Gasteiger partial charge in [-0.15, -0.1) is 5.75 Å². The fourth-order valence-electron chi connectivity index (χ4n) is 2.86. The van der Waals surface area contributed by atoms with Crippen LogP contribution in [0.5, 0.6) is 5.75 Å². The molecule has 1 heterocycles. The molecule has 0 aliphatic carbocycles. The Kier molecular flexibility index (Phi) is 4.37. The van der Waals surface area contributed by atoms with Crippen LogP contribution in [0.15, 0.2) is 70.1 Å². The largest absolute Gasteiger partial charge is 0.872 e. The summed E-state index contributed by atoms with van der Waals surface area (Å²) in [6.45, 7) is 1.97. The molecule has 0 atom stereocenters. The third-order valence-electron chi connectivity index (χ3n) is 4.32. The van der Waals surface area contributed by atoms with Crippen molar-refractivity contribution in [3.63, 3.8) is 0 Å². The smallest absolute Gasteiger partial charge is 0.335 e. The maximum absolute atomic E-state index is 11.9. The lowest BCUT2D eigenvalue weighted by Crippen LogP contribution is -2.01. The number of carboxylic acid groups (broad SMARTS) is 1. The van der Waals surface area contributed by atoms with E-state index in [1.807, 2.05) is 37.3 Å². The Morgan fingerprint density at radius 3 is 2.75 bits per heavy atom. The number of benzene rings is 3. The fourth-order valence-corrected chi connectivity index (χ4v) is 2.86. The number of aliphatic imine (C=N–C) groups is 1. The Morgan fingerprint density at radius 1 is 1.14 bits per heavy atom. The third kappa shape index (κ3) is 3.35. The number of carboxylic acids is 1. The number of aromatic nitrogens is 1. The molecule has 0 aliphatic rings. The van der Waals surface area contributed by atoms with Crippen LogP contribution in [0.4, 0.5) is 5.69 Å². The molecule has 0 radical (unpaired) electrons. The minimum Gasteiger partial charge on any atom is -0.872 e. The number of aromatic carboxylic acids is 1. The molecule has 1 N–H and O–H groups in total. The number of rotatable bonds is 4. The molecule has 0 fully saturated rings. The topological polar surface area (TPSA) is 98.8 Å². The molecule has 1 aromatic heterocycles. The van der Waals surface area contributed by atoms with Crippen molar-refractivity contribution in [1.29, 1.82) is 0 Å². The number of para-hydroxylation sites is 1. The van der Waals surface area contributed by atoms with Gasteiger partial charge in [-0.25, -0.2) is 9.78 Å². The van der Waals surface area contributed by atoms with Crippen molar-refractivity contribution in [3.8, 4) is 17.2 Å². The molecule has 4 rings (SSSR count). The minimum absolute atomic E-state index is 0.0386. The second-order valence-corrected chi connectivity index (χ2v) is 6.31. The van der Waals surface area contributed by atoms with E-state index in [1.54, 1.807) is 12.1 Å². The van der Waals surface area contributed by atoms with Crippen LogP contribution in [0.1, 0.15) is 21.5 Å². The van der Waals surface area contributed by atoms with Gasteiger partial charge in [0, 0.05) is 11.8 Å². The van der Waals surface area contributed by atoms with Crippen molar-refractivity contribution in [3.05, 3.63) is 77.4 Å². The summed E-state index contributed by atoms with van der Waals surface area (Å²) in [6.07, 6.45) is 1.37. The number of carbonyl (C=O) groups is 1. The molecule has 0 saturated heterocycles. The van der Waals surface area contributed by atoms with Gasteiger partial charge in [-0.3, -0.25) is 4.99 Å². The number of fused-ring (bicyclic) bond motifs is 1. The molecule has 0 amide bonds. The number of hydrogen-bond acceptors (Lipinski definition) is 5. The van der Waals surface area contributed by atoms with E-state index in [0.29, 0.717) is 17.2 Å². The number of aryl methyl sites for hydroxylation is 1. The zero-order chi connectivity index (χ0) is 19.7. The van der Waals surface area contributed by atoms with Gasteiger partial charge in [-0.05, 0) is 54.4 Å². The Bertz CT molecular complexity index is 1220. The maximum atomic E-state index is 11.9. The van der Waals surface area contributed by atoms with Crippen LogP contribution in [0.3, 0.4) is 0 Å². The molecule has 0 aliphatic heterocycles. The van der Waals surface area contributed by atoms with Crippen molar-refractivity contribution < 1.29 is 19.4 Å². The second kappa shape index (κ2) is 7.00. The maximum Gasteiger partial charge on any atom is 0.335 e. The molecule has 0 unspecified atom stereocenters. The first kappa shape index (κ1) is 17.5. The summed E-state index contributed by atoms with van der Waals surface area (Å²) >= 11 is 0.